The first-order chi connectivity index (χ1) is 6.84. The van der Waals surface area contributed by atoms with Crippen LogP contribution in [0.25, 0.3) is 16.4 Å². The molecule has 3 aromatic rings. The van der Waals surface area contributed by atoms with Crippen LogP contribution in [0.1, 0.15) is 5.56 Å². The molecule has 0 spiro atoms. The molecule has 0 radical (unpaired) electrons. The van der Waals surface area contributed by atoms with Gasteiger partial charge in [-0.15, -0.1) is 0 Å². The van der Waals surface area contributed by atoms with Gasteiger partial charge in [0.15, 0.2) is 0 Å². The van der Waals surface area contributed by atoms with Crippen molar-refractivity contribution in [3.8, 4) is 0 Å². The molecule has 0 fully saturated rings. The number of benzene rings is 1. The Kier molecular flexibility index (Phi) is 1.39. The van der Waals surface area contributed by atoms with E-state index >= 15 is 0 Å². The highest BCUT2D eigenvalue weighted by atomic mass is 15.2. The molecule has 68 valence electrons. The van der Waals surface area contributed by atoms with Crippen molar-refractivity contribution in [1.29, 1.82) is 0 Å². The molecule has 2 aromatic heterocycles. The summed E-state index contributed by atoms with van der Waals surface area (Å²) in [6.07, 6.45) is 2.05. The smallest absolute Gasteiger partial charge is 0.0933 e. The lowest BCUT2D eigenvalue weighted by Gasteiger charge is -1.94. The van der Waals surface area contributed by atoms with Gasteiger partial charge in [-0.1, -0.05) is 24.3 Å². The van der Waals surface area contributed by atoms with Gasteiger partial charge in [0.05, 0.1) is 11.0 Å². The Morgan fingerprint density at radius 1 is 1.07 bits per heavy atom. The van der Waals surface area contributed by atoms with E-state index in [9.17, 15) is 0 Å². The van der Waals surface area contributed by atoms with E-state index in [1.54, 1.807) is 0 Å². The van der Waals surface area contributed by atoms with Crippen LogP contribution in [0.2, 0.25) is 0 Å². The lowest BCUT2D eigenvalue weighted by molar-refractivity contribution is 0.971. The molecule has 0 bridgehead atoms. The van der Waals surface area contributed by atoms with Gasteiger partial charge < -0.3 is 0 Å². The molecule has 2 heterocycles. The average molecular weight is 182 g/mol. The molecule has 0 amide bonds. The van der Waals surface area contributed by atoms with Gasteiger partial charge in [-0.2, -0.15) is 5.10 Å². The lowest BCUT2D eigenvalue weighted by atomic mass is 10.2. The fourth-order valence-electron chi connectivity index (χ4n) is 1.78. The van der Waals surface area contributed by atoms with Gasteiger partial charge in [0.1, 0.15) is 0 Å². The minimum atomic E-state index is 1.05. The van der Waals surface area contributed by atoms with Crippen LogP contribution in [0, 0.1) is 6.92 Å². The monoisotopic (exact) mass is 182 g/mol. The Bertz CT molecular complexity index is 608. The van der Waals surface area contributed by atoms with Crippen LogP contribution in [-0.4, -0.2) is 9.61 Å². The first-order valence-electron chi connectivity index (χ1n) is 4.68. The standard InChI is InChI=1S/C12H10N2/c1-9-6-7-12-10-4-2-3-5-11(10)13-14(12)8-9/h2-8H,1H3. The SMILES string of the molecule is Cc1ccc2c3ccccc3nn2c1. The molecule has 2 heteroatoms. The molecule has 0 atom stereocenters. The van der Waals surface area contributed by atoms with E-state index in [4.69, 9.17) is 0 Å². The fraction of sp³-hybridized carbons (Fsp3) is 0.0833. The van der Waals surface area contributed by atoms with Crippen molar-refractivity contribution in [2.75, 3.05) is 0 Å². The van der Waals surface area contributed by atoms with Crippen molar-refractivity contribution in [2.45, 2.75) is 6.92 Å². The van der Waals surface area contributed by atoms with Crippen LogP contribution in [0.15, 0.2) is 42.6 Å². The van der Waals surface area contributed by atoms with E-state index in [0.717, 1.165) is 5.52 Å². The van der Waals surface area contributed by atoms with Gasteiger partial charge in [-0.3, -0.25) is 0 Å². The number of hydrogen-bond donors (Lipinski definition) is 0. The van der Waals surface area contributed by atoms with Crippen LogP contribution in [0.3, 0.4) is 0 Å². The van der Waals surface area contributed by atoms with Gasteiger partial charge in [-0.25, -0.2) is 4.52 Å². The normalized spacial score (nSPS) is 11.2. The molecular formula is C12H10N2. The molecule has 0 unspecified atom stereocenters. The highest BCUT2D eigenvalue weighted by Crippen LogP contribution is 2.18. The summed E-state index contributed by atoms with van der Waals surface area (Å²) in [5.41, 5.74) is 3.45. The summed E-state index contributed by atoms with van der Waals surface area (Å²) in [4.78, 5) is 0. The first-order valence-corrected chi connectivity index (χ1v) is 4.68. The summed E-state index contributed by atoms with van der Waals surface area (Å²) < 4.78 is 1.94. The van der Waals surface area contributed by atoms with Crippen LogP contribution < -0.4 is 0 Å². The molecule has 2 nitrogen and oxygen atoms in total. The third-order valence-electron chi connectivity index (χ3n) is 2.47. The quantitative estimate of drug-likeness (QED) is 0.522. The van der Waals surface area contributed by atoms with Crippen LogP contribution in [0.5, 0.6) is 0 Å². The average Bonchev–Trinajstić information content (AvgIpc) is 2.54. The van der Waals surface area contributed by atoms with E-state index in [1.807, 2.05) is 22.7 Å². The topological polar surface area (TPSA) is 17.3 Å². The molecule has 0 saturated carbocycles. The zero-order valence-corrected chi connectivity index (χ0v) is 7.94. The summed E-state index contributed by atoms with van der Waals surface area (Å²) in [5.74, 6) is 0. The maximum Gasteiger partial charge on any atom is 0.0933 e. The summed E-state index contributed by atoms with van der Waals surface area (Å²) in [6.45, 7) is 2.08. The third-order valence-corrected chi connectivity index (χ3v) is 2.47. The Morgan fingerprint density at radius 3 is 2.86 bits per heavy atom. The van der Waals surface area contributed by atoms with E-state index in [0.29, 0.717) is 0 Å². The zero-order valence-electron chi connectivity index (χ0n) is 7.94. The maximum atomic E-state index is 4.49. The Morgan fingerprint density at radius 2 is 1.93 bits per heavy atom. The zero-order chi connectivity index (χ0) is 9.54. The molecule has 0 aliphatic carbocycles. The van der Waals surface area contributed by atoms with E-state index < -0.39 is 0 Å². The minimum Gasteiger partial charge on any atom is -0.239 e. The second kappa shape index (κ2) is 2.58. The molecule has 0 N–H and O–H groups in total. The molecule has 0 saturated heterocycles. The number of pyridine rings is 1. The number of aromatic nitrogens is 2. The van der Waals surface area contributed by atoms with Crippen molar-refractivity contribution in [3.63, 3.8) is 0 Å². The van der Waals surface area contributed by atoms with E-state index in [1.165, 1.54) is 16.5 Å². The van der Waals surface area contributed by atoms with Gasteiger partial charge in [0.25, 0.3) is 0 Å². The van der Waals surface area contributed by atoms with Gasteiger partial charge in [0.2, 0.25) is 0 Å². The summed E-state index contributed by atoms with van der Waals surface area (Å²) in [6, 6.07) is 12.4. The molecular weight excluding hydrogens is 172 g/mol. The van der Waals surface area contributed by atoms with Gasteiger partial charge in [0, 0.05) is 11.6 Å². The summed E-state index contributed by atoms with van der Waals surface area (Å²) in [7, 11) is 0. The number of hydrogen-bond acceptors (Lipinski definition) is 1. The Hall–Kier alpha value is -1.83. The predicted octanol–water partition coefficient (Wildman–Crippen LogP) is 2.80. The number of nitrogens with zero attached hydrogens (tertiary/aromatic N) is 2. The van der Waals surface area contributed by atoms with Crippen LogP contribution in [-0.2, 0) is 0 Å². The predicted molar refractivity (Wildman–Crippen MR) is 57.4 cm³/mol. The van der Waals surface area contributed by atoms with Crippen LogP contribution >= 0.6 is 0 Å². The number of aryl methyl sites for hydroxylation is 1. The molecule has 0 aliphatic rings. The second-order valence-corrected chi connectivity index (χ2v) is 3.55. The van der Waals surface area contributed by atoms with Crippen molar-refractivity contribution >= 4 is 16.4 Å². The Labute approximate surface area is 81.8 Å². The Balaban J connectivity index is 2.57. The molecule has 0 aliphatic heterocycles. The highest BCUT2D eigenvalue weighted by molar-refractivity contribution is 5.93. The van der Waals surface area contributed by atoms with Crippen molar-refractivity contribution in [2.24, 2.45) is 0 Å². The summed E-state index contributed by atoms with van der Waals surface area (Å²) >= 11 is 0. The van der Waals surface area contributed by atoms with Crippen molar-refractivity contribution < 1.29 is 0 Å². The van der Waals surface area contributed by atoms with Crippen LogP contribution in [0.4, 0.5) is 0 Å². The first kappa shape index (κ1) is 7.56. The molecule has 14 heavy (non-hydrogen) atoms. The highest BCUT2D eigenvalue weighted by Gasteiger charge is 2.02. The molecule has 3 rings (SSSR count). The fourth-order valence-corrected chi connectivity index (χ4v) is 1.78. The minimum absolute atomic E-state index is 1.05. The summed E-state index contributed by atoms with van der Waals surface area (Å²) in [5, 5.41) is 5.71. The largest absolute Gasteiger partial charge is 0.239 e. The maximum absolute atomic E-state index is 4.49. The third kappa shape index (κ3) is 0.940. The van der Waals surface area contributed by atoms with E-state index in [-0.39, 0.29) is 0 Å². The van der Waals surface area contributed by atoms with Gasteiger partial charge >= 0.3 is 0 Å². The second-order valence-electron chi connectivity index (χ2n) is 3.55. The number of fused-ring (bicyclic) bond motifs is 3. The van der Waals surface area contributed by atoms with Crippen molar-refractivity contribution in [3.05, 3.63) is 48.2 Å². The van der Waals surface area contributed by atoms with E-state index in [2.05, 4.69) is 36.4 Å². The van der Waals surface area contributed by atoms with Gasteiger partial charge in [-0.05, 0) is 24.6 Å². The number of rotatable bonds is 0. The lowest BCUT2D eigenvalue weighted by Crippen LogP contribution is -1.86. The molecule has 1 aromatic carbocycles. The van der Waals surface area contributed by atoms with Crippen molar-refractivity contribution in [1.82, 2.24) is 9.61 Å².